The molecule has 0 saturated heterocycles. The van der Waals surface area contributed by atoms with Crippen LogP contribution in [0, 0.1) is 0 Å². The maximum atomic E-state index is 4.01. The van der Waals surface area contributed by atoms with Crippen LogP contribution in [-0.4, -0.2) is 11.4 Å². The van der Waals surface area contributed by atoms with Gasteiger partial charge in [0.05, 0.1) is 5.71 Å². The van der Waals surface area contributed by atoms with E-state index in [4.69, 9.17) is 0 Å². The van der Waals surface area contributed by atoms with Crippen molar-refractivity contribution in [3.8, 4) is 0 Å². The van der Waals surface area contributed by atoms with E-state index in [1.807, 2.05) is 13.8 Å². The number of allylic oxidation sites excluding steroid dienone is 2. The average molecular weight is 136 g/mol. The van der Waals surface area contributed by atoms with E-state index < -0.39 is 0 Å². The van der Waals surface area contributed by atoms with Crippen LogP contribution in [0.25, 0.3) is 0 Å². The van der Waals surface area contributed by atoms with Gasteiger partial charge in [0.15, 0.2) is 0 Å². The molecule has 10 heavy (non-hydrogen) atoms. The highest BCUT2D eigenvalue weighted by Gasteiger charge is 1.98. The third kappa shape index (κ3) is 1.79. The zero-order valence-electron chi connectivity index (χ0n) is 6.68. The fourth-order valence-corrected chi connectivity index (χ4v) is 1.04. The molecule has 1 heterocycles. The number of rotatable bonds is 0. The van der Waals surface area contributed by atoms with Crippen molar-refractivity contribution in [2.24, 2.45) is 10.2 Å². The Balaban J connectivity index is 2.90. The Hall–Kier alpha value is -0.920. The lowest BCUT2D eigenvalue weighted by atomic mass is 10.1. The van der Waals surface area contributed by atoms with Crippen LogP contribution in [0.3, 0.4) is 0 Å². The Labute approximate surface area is 61.4 Å². The van der Waals surface area contributed by atoms with Crippen LogP contribution in [0.4, 0.5) is 0 Å². The van der Waals surface area contributed by atoms with Gasteiger partial charge in [0, 0.05) is 12.1 Å². The third-order valence-electron chi connectivity index (χ3n) is 1.37. The summed E-state index contributed by atoms with van der Waals surface area (Å²) in [6.07, 6.45) is 3.03. The number of hydrogen-bond acceptors (Lipinski definition) is 2. The number of hydrogen-bond donors (Lipinski definition) is 0. The minimum Gasteiger partial charge on any atom is -0.160 e. The molecule has 2 nitrogen and oxygen atoms in total. The minimum atomic E-state index is 0.959. The molecule has 0 aromatic heterocycles. The molecule has 1 aliphatic rings. The van der Waals surface area contributed by atoms with Gasteiger partial charge in [-0.05, 0) is 26.8 Å². The summed E-state index contributed by atoms with van der Waals surface area (Å²) in [6, 6.07) is 0. The zero-order valence-corrected chi connectivity index (χ0v) is 6.68. The van der Waals surface area contributed by atoms with Crippen LogP contribution in [0.1, 0.15) is 27.2 Å². The summed E-state index contributed by atoms with van der Waals surface area (Å²) in [4.78, 5) is 0. The van der Waals surface area contributed by atoms with Crippen LogP contribution in [0.5, 0.6) is 0 Å². The summed E-state index contributed by atoms with van der Waals surface area (Å²) in [6.45, 7) is 6.06. The fraction of sp³-hybridized carbons (Fsp3) is 0.500. The molecule has 0 fully saturated rings. The maximum absolute atomic E-state index is 4.01. The summed E-state index contributed by atoms with van der Waals surface area (Å²) in [5.74, 6) is 0. The minimum absolute atomic E-state index is 0.959. The van der Waals surface area contributed by atoms with Gasteiger partial charge in [0.1, 0.15) is 0 Å². The summed E-state index contributed by atoms with van der Waals surface area (Å²) in [7, 11) is 0. The molecule has 54 valence electrons. The molecule has 0 aromatic rings. The molecule has 1 rings (SSSR count). The summed E-state index contributed by atoms with van der Waals surface area (Å²) in [5, 5.41) is 7.99. The van der Waals surface area contributed by atoms with E-state index in [0.717, 1.165) is 17.8 Å². The van der Waals surface area contributed by atoms with Crippen LogP contribution < -0.4 is 0 Å². The summed E-state index contributed by atoms with van der Waals surface area (Å²) in [5.41, 5.74) is 3.42. The molecule has 0 radical (unpaired) electrons. The first-order chi connectivity index (χ1) is 4.68. The van der Waals surface area contributed by atoms with Crippen molar-refractivity contribution in [2.45, 2.75) is 27.2 Å². The van der Waals surface area contributed by atoms with Crippen molar-refractivity contribution >= 4 is 11.4 Å². The highest BCUT2D eigenvalue weighted by Crippen LogP contribution is 2.06. The Morgan fingerprint density at radius 1 is 1.20 bits per heavy atom. The molecule has 1 aliphatic heterocycles. The SMILES string of the molecule is CC1=CC(C)=NN=C(C)C1. The van der Waals surface area contributed by atoms with E-state index in [2.05, 4.69) is 23.2 Å². The van der Waals surface area contributed by atoms with Gasteiger partial charge in [-0.1, -0.05) is 5.57 Å². The van der Waals surface area contributed by atoms with Gasteiger partial charge < -0.3 is 0 Å². The highest BCUT2D eigenvalue weighted by molar-refractivity contribution is 5.96. The molecule has 0 bridgehead atoms. The quantitative estimate of drug-likeness (QED) is 0.487. The predicted molar refractivity (Wildman–Crippen MR) is 44.6 cm³/mol. The third-order valence-corrected chi connectivity index (χ3v) is 1.37. The second kappa shape index (κ2) is 2.78. The lowest BCUT2D eigenvalue weighted by Gasteiger charge is -1.93. The van der Waals surface area contributed by atoms with E-state index in [1.165, 1.54) is 5.57 Å². The molecule has 0 amide bonds. The first kappa shape index (κ1) is 7.19. The molecule has 0 aromatic carbocycles. The first-order valence-electron chi connectivity index (χ1n) is 3.43. The smallest absolute Gasteiger partial charge is 0.0599 e. The van der Waals surface area contributed by atoms with Gasteiger partial charge in [-0.2, -0.15) is 10.2 Å². The van der Waals surface area contributed by atoms with Gasteiger partial charge in [-0.25, -0.2) is 0 Å². The van der Waals surface area contributed by atoms with Crippen molar-refractivity contribution in [3.63, 3.8) is 0 Å². The van der Waals surface area contributed by atoms with Crippen LogP contribution in [-0.2, 0) is 0 Å². The maximum Gasteiger partial charge on any atom is 0.0599 e. The van der Waals surface area contributed by atoms with Gasteiger partial charge >= 0.3 is 0 Å². The summed E-state index contributed by atoms with van der Waals surface area (Å²) < 4.78 is 0. The predicted octanol–water partition coefficient (Wildman–Crippen LogP) is 2.17. The normalized spacial score (nSPS) is 18.9. The Morgan fingerprint density at radius 3 is 2.60 bits per heavy atom. The number of nitrogens with zero attached hydrogens (tertiary/aromatic N) is 2. The van der Waals surface area contributed by atoms with E-state index in [1.54, 1.807) is 0 Å². The van der Waals surface area contributed by atoms with Gasteiger partial charge in [0.25, 0.3) is 0 Å². The molecule has 2 heteroatoms. The van der Waals surface area contributed by atoms with Gasteiger partial charge in [-0.15, -0.1) is 0 Å². The fourth-order valence-electron chi connectivity index (χ4n) is 1.04. The van der Waals surface area contributed by atoms with E-state index in [-0.39, 0.29) is 0 Å². The second-order valence-corrected chi connectivity index (χ2v) is 2.74. The molecule has 0 saturated carbocycles. The molecule has 0 spiro atoms. The topological polar surface area (TPSA) is 24.7 Å². The average Bonchev–Trinajstić information content (AvgIpc) is 1.93. The van der Waals surface area contributed by atoms with Crippen molar-refractivity contribution in [2.75, 3.05) is 0 Å². The van der Waals surface area contributed by atoms with Crippen molar-refractivity contribution in [3.05, 3.63) is 11.6 Å². The van der Waals surface area contributed by atoms with E-state index >= 15 is 0 Å². The summed E-state index contributed by atoms with van der Waals surface area (Å²) >= 11 is 0. The van der Waals surface area contributed by atoms with E-state index in [9.17, 15) is 0 Å². The lowest BCUT2D eigenvalue weighted by molar-refractivity contribution is 1.18. The van der Waals surface area contributed by atoms with Crippen LogP contribution in [0.15, 0.2) is 21.9 Å². The van der Waals surface area contributed by atoms with Crippen LogP contribution >= 0.6 is 0 Å². The molecule has 0 atom stereocenters. The lowest BCUT2D eigenvalue weighted by Crippen LogP contribution is -1.89. The molecule has 0 N–H and O–H groups in total. The largest absolute Gasteiger partial charge is 0.160 e. The van der Waals surface area contributed by atoms with Crippen molar-refractivity contribution in [1.82, 2.24) is 0 Å². The zero-order chi connectivity index (χ0) is 7.56. The van der Waals surface area contributed by atoms with Gasteiger partial charge in [0.2, 0.25) is 0 Å². The van der Waals surface area contributed by atoms with Gasteiger partial charge in [-0.3, -0.25) is 0 Å². The molecular weight excluding hydrogens is 124 g/mol. The monoisotopic (exact) mass is 136 g/mol. The highest BCUT2D eigenvalue weighted by atomic mass is 15.2. The van der Waals surface area contributed by atoms with Crippen LogP contribution in [0.2, 0.25) is 0 Å². The molecular formula is C8H12N2. The van der Waals surface area contributed by atoms with E-state index in [0.29, 0.717) is 0 Å². The molecule has 0 aliphatic carbocycles. The van der Waals surface area contributed by atoms with Crippen molar-refractivity contribution < 1.29 is 0 Å². The first-order valence-corrected chi connectivity index (χ1v) is 3.43. The Bertz CT molecular complexity index is 221. The Kier molecular flexibility index (Phi) is 2.00. The standard InChI is InChI=1S/C8H12N2/c1-6-4-7(2)9-10-8(3)5-6/h4H,5H2,1-3H3. The van der Waals surface area contributed by atoms with Crippen molar-refractivity contribution in [1.29, 1.82) is 0 Å². The Morgan fingerprint density at radius 2 is 1.90 bits per heavy atom. The molecule has 0 unspecified atom stereocenters. The second-order valence-electron chi connectivity index (χ2n) is 2.74.